The number of rotatable bonds is 6. The number of carbonyl (C=O) groups excluding carboxylic acids is 1. The first-order chi connectivity index (χ1) is 9.74. The second kappa shape index (κ2) is 6.77. The van der Waals surface area contributed by atoms with Crippen LogP contribution >= 0.6 is 0 Å². The van der Waals surface area contributed by atoms with E-state index in [1.54, 1.807) is 12.1 Å². The van der Waals surface area contributed by atoms with Gasteiger partial charge in [0.2, 0.25) is 5.76 Å². The Morgan fingerprint density at radius 3 is 2.80 bits per heavy atom. The molecule has 0 fully saturated rings. The summed E-state index contributed by atoms with van der Waals surface area (Å²) < 4.78 is 15.5. The van der Waals surface area contributed by atoms with Crippen molar-refractivity contribution in [2.24, 2.45) is 0 Å². The van der Waals surface area contributed by atoms with Crippen molar-refractivity contribution in [2.75, 3.05) is 13.7 Å². The standard InChI is InChI=1S/C15H16O5/c1-18-15(17)14-7-6-12(20-14)10-19-13-5-3-2-4-11(13)8-9-16/h2-7,16H,8-10H2,1H3. The first kappa shape index (κ1) is 14.1. The molecule has 0 aliphatic carbocycles. The molecule has 0 amide bonds. The second-order valence-corrected chi connectivity index (χ2v) is 4.13. The molecule has 1 aromatic heterocycles. The summed E-state index contributed by atoms with van der Waals surface area (Å²) in [6.07, 6.45) is 0.530. The summed E-state index contributed by atoms with van der Waals surface area (Å²) >= 11 is 0. The molecule has 1 heterocycles. The van der Waals surface area contributed by atoms with E-state index in [4.69, 9.17) is 14.3 Å². The van der Waals surface area contributed by atoms with Gasteiger partial charge in [0.1, 0.15) is 18.1 Å². The summed E-state index contributed by atoms with van der Waals surface area (Å²) in [5, 5.41) is 9.00. The van der Waals surface area contributed by atoms with E-state index in [0.717, 1.165) is 5.56 Å². The number of hydrogen-bond acceptors (Lipinski definition) is 5. The first-order valence-corrected chi connectivity index (χ1v) is 6.23. The number of benzene rings is 1. The second-order valence-electron chi connectivity index (χ2n) is 4.13. The molecule has 0 spiro atoms. The summed E-state index contributed by atoms with van der Waals surface area (Å²) in [5.74, 6) is 0.855. The van der Waals surface area contributed by atoms with Crippen LogP contribution in [0.15, 0.2) is 40.8 Å². The average Bonchev–Trinajstić information content (AvgIpc) is 2.95. The van der Waals surface area contributed by atoms with Crippen LogP contribution in [-0.4, -0.2) is 24.8 Å². The van der Waals surface area contributed by atoms with Crippen LogP contribution < -0.4 is 4.74 Å². The molecule has 0 unspecified atom stereocenters. The van der Waals surface area contributed by atoms with Crippen molar-refractivity contribution in [1.82, 2.24) is 0 Å². The largest absolute Gasteiger partial charge is 0.485 e. The lowest BCUT2D eigenvalue weighted by molar-refractivity contribution is 0.0561. The van der Waals surface area contributed by atoms with Gasteiger partial charge in [0.05, 0.1) is 7.11 Å². The van der Waals surface area contributed by atoms with Crippen LogP contribution in [0, 0.1) is 0 Å². The van der Waals surface area contributed by atoms with Crippen LogP contribution in [-0.2, 0) is 17.8 Å². The molecular formula is C15H16O5. The summed E-state index contributed by atoms with van der Waals surface area (Å²) in [6, 6.07) is 10.7. The zero-order chi connectivity index (χ0) is 14.4. The fourth-order valence-electron chi connectivity index (χ4n) is 1.79. The quantitative estimate of drug-likeness (QED) is 0.819. The average molecular weight is 276 g/mol. The highest BCUT2D eigenvalue weighted by molar-refractivity contribution is 5.86. The lowest BCUT2D eigenvalue weighted by Gasteiger charge is -2.09. The summed E-state index contributed by atoms with van der Waals surface area (Å²) in [4.78, 5) is 11.3. The predicted octanol–water partition coefficient (Wildman–Crippen LogP) is 2.18. The van der Waals surface area contributed by atoms with Gasteiger partial charge in [-0.25, -0.2) is 4.79 Å². The summed E-state index contributed by atoms with van der Waals surface area (Å²) in [7, 11) is 1.30. The van der Waals surface area contributed by atoms with E-state index in [0.29, 0.717) is 17.9 Å². The fourth-order valence-corrected chi connectivity index (χ4v) is 1.79. The van der Waals surface area contributed by atoms with Crippen LogP contribution in [0.3, 0.4) is 0 Å². The first-order valence-electron chi connectivity index (χ1n) is 6.23. The van der Waals surface area contributed by atoms with Gasteiger partial charge in [-0.15, -0.1) is 0 Å². The van der Waals surface area contributed by atoms with Crippen LogP contribution in [0.2, 0.25) is 0 Å². The Morgan fingerprint density at radius 2 is 2.05 bits per heavy atom. The van der Waals surface area contributed by atoms with Crippen molar-refractivity contribution in [3.63, 3.8) is 0 Å². The van der Waals surface area contributed by atoms with Crippen molar-refractivity contribution in [1.29, 1.82) is 0 Å². The maximum atomic E-state index is 11.3. The molecule has 0 saturated carbocycles. The number of carbonyl (C=O) groups is 1. The topological polar surface area (TPSA) is 68.9 Å². The minimum atomic E-state index is -0.517. The SMILES string of the molecule is COC(=O)c1ccc(COc2ccccc2CCO)o1. The molecule has 0 atom stereocenters. The molecule has 1 N–H and O–H groups in total. The number of ether oxygens (including phenoxy) is 2. The minimum absolute atomic E-state index is 0.0631. The number of para-hydroxylation sites is 1. The minimum Gasteiger partial charge on any atom is -0.485 e. The molecule has 106 valence electrons. The molecule has 5 heteroatoms. The third kappa shape index (κ3) is 3.39. The number of methoxy groups -OCH3 is 1. The highest BCUT2D eigenvalue weighted by Crippen LogP contribution is 2.20. The van der Waals surface area contributed by atoms with Gasteiger partial charge < -0.3 is 19.0 Å². The maximum absolute atomic E-state index is 11.3. The Kier molecular flexibility index (Phi) is 4.79. The van der Waals surface area contributed by atoms with Crippen molar-refractivity contribution in [2.45, 2.75) is 13.0 Å². The van der Waals surface area contributed by atoms with Gasteiger partial charge in [0.25, 0.3) is 0 Å². The summed E-state index contributed by atoms with van der Waals surface area (Å²) in [5.41, 5.74) is 0.926. The third-order valence-corrected chi connectivity index (χ3v) is 2.77. The van der Waals surface area contributed by atoms with Gasteiger partial charge in [0, 0.05) is 6.61 Å². The molecule has 0 aliphatic heterocycles. The lowest BCUT2D eigenvalue weighted by atomic mass is 10.1. The summed E-state index contributed by atoms with van der Waals surface area (Å²) in [6.45, 7) is 0.271. The van der Waals surface area contributed by atoms with Crippen molar-refractivity contribution in [3.05, 3.63) is 53.5 Å². The molecule has 2 aromatic rings. The smallest absolute Gasteiger partial charge is 0.373 e. The molecule has 0 aliphatic rings. The van der Waals surface area contributed by atoms with Crippen LogP contribution in [0.5, 0.6) is 5.75 Å². The molecule has 0 saturated heterocycles. The van der Waals surface area contributed by atoms with Crippen molar-refractivity contribution < 1.29 is 23.8 Å². The van der Waals surface area contributed by atoms with Crippen molar-refractivity contribution in [3.8, 4) is 5.75 Å². The number of esters is 1. The van der Waals surface area contributed by atoms with E-state index in [2.05, 4.69) is 4.74 Å². The number of aliphatic hydroxyl groups is 1. The van der Waals surface area contributed by atoms with Crippen LogP contribution in [0.4, 0.5) is 0 Å². The van der Waals surface area contributed by atoms with Gasteiger partial charge in [-0.2, -0.15) is 0 Å². The van der Waals surface area contributed by atoms with E-state index in [1.165, 1.54) is 7.11 Å². The van der Waals surface area contributed by atoms with Crippen molar-refractivity contribution >= 4 is 5.97 Å². The van der Waals surface area contributed by atoms with Gasteiger partial charge in [-0.05, 0) is 30.2 Å². The monoisotopic (exact) mass is 276 g/mol. The molecule has 0 radical (unpaired) electrons. The van der Waals surface area contributed by atoms with E-state index < -0.39 is 5.97 Å². The third-order valence-electron chi connectivity index (χ3n) is 2.77. The van der Waals surface area contributed by atoms with Gasteiger partial charge in [-0.3, -0.25) is 0 Å². The highest BCUT2D eigenvalue weighted by Gasteiger charge is 2.11. The lowest BCUT2D eigenvalue weighted by Crippen LogP contribution is -2.00. The Labute approximate surface area is 116 Å². The molecular weight excluding hydrogens is 260 g/mol. The zero-order valence-electron chi connectivity index (χ0n) is 11.2. The van der Waals surface area contributed by atoms with Gasteiger partial charge >= 0.3 is 5.97 Å². The number of furan rings is 1. The molecule has 5 nitrogen and oxygen atoms in total. The molecule has 2 rings (SSSR count). The van der Waals surface area contributed by atoms with Gasteiger partial charge in [0.15, 0.2) is 0 Å². The molecule has 1 aromatic carbocycles. The Hall–Kier alpha value is -2.27. The predicted molar refractivity (Wildman–Crippen MR) is 71.6 cm³/mol. The number of hydrogen-bond donors (Lipinski definition) is 1. The number of aliphatic hydroxyl groups excluding tert-OH is 1. The van der Waals surface area contributed by atoms with Crippen LogP contribution in [0.25, 0.3) is 0 Å². The van der Waals surface area contributed by atoms with E-state index in [-0.39, 0.29) is 19.0 Å². The highest BCUT2D eigenvalue weighted by atomic mass is 16.5. The Bertz CT molecular complexity index is 573. The maximum Gasteiger partial charge on any atom is 0.373 e. The molecule has 0 bridgehead atoms. The van der Waals surface area contributed by atoms with Gasteiger partial charge in [-0.1, -0.05) is 18.2 Å². The van der Waals surface area contributed by atoms with E-state index in [9.17, 15) is 4.79 Å². The zero-order valence-corrected chi connectivity index (χ0v) is 11.2. The fraction of sp³-hybridized carbons (Fsp3) is 0.267. The normalized spacial score (nSPS) is 10.3. The molecule has 20 heavy (non-hydrogen) atoms. The van der Waals surface area contributed by atoms with E-state index in [1.807, 2.05) is 24.3 Å². The van der Waals surface area contributed by atoms with E-state index >= 15 is 0 Å². The Balaban J connectivity index is 2.02. The van der Waals surface area contributed by atoms with Crippen LogP contribution in [0.1, 0.15) is 21.9 Å². The Morgan fingerprint density at radius 1 is 1.25 bits per heavy atom.